The number of rotatable bonds is 2. The van der Waals surface area contributed by atoms with Gasteiger partial charge in [-0.15, -0.1) is 13.2 Å². The summed E-state index contributed by atoms with van der Waals surface area (Å²) >= 11 is 11.7. The standard InChI is InChI=1S/C12H7Cl2F3N2O/c13-7-5-8(14)11(18)19-10(7)6-3-1-2-4-9(6)20-12(15,16)17/h1-5H,(H2,18,19). The molecule has 1 aromatic carbocycles. The number of pyridine rings is 1. The van der Waals surface area contributed by atoms with E-state index in [0.29, 0.717) is 0 Å². The Labute approximate surface area is 122 Å². The molecule has 3 nitrogen and oxygen atoms in total. The molecule has 2 rings (SSSR count). The van der Waals surface area contributed by atoms with E-state index < -0.39 is 12.1 Å². The van der Waals surface area contributed by atoms with E-state index >= 15 is 0 Å². The Bertz CT molecular complexity index is 647. The first-order valence-corrected chi connectivity index (χ1v) is 6.00. The zero-order valence-electron chi connectivity index (χ0n) is 9.71. The van der Waals surface area contributed by atoms with Gasteiger partial charge >= 0.3 is 6.36 Å². The number of hydrogen-bond donors (Lipinski definition) is 1. The van der Waals surface area contributed by atoms with Gasteiger partial charge in [0, 0.05) is 5.56 Å². The van der Waals surface area contributed by atoms with Crippen LogP contribution in [0.2, 0.25) is 10.0 Å². The molecule has 0 amide bonds. The summed E-state index contributed by atoms with van der Waals surface area (Å²) in [5, 5.41) is 0.190. The average molecular weight is 323 g/mol. The van der Waals surface area contributed by atoms with Crippen LogP contribution in [0.5, 0.6) is 5.75 Å². The first-order chi connectivity index (χ1) is 9.28. The van der Waals surface area contributed by atoms with E-state index in [1.807, 2.05) is 0 Å². The topological polar surface area (TPSA) is 48.1 Å². The molecule has 0 fully saturated rings. The highest BCUT2D eigenvalue weighted by atomic mass is 35.5. The molecule has 20 heavy (non-hydrogen) atoms. The van der Waals surface area contributed by atoms with Crippen LogP contribution in [-0.2, 0) is 0 Å². The van der Waals surface area contributed by atoms with Crippen molar-refractivity contribution in [3.05, 3.63) is 40.4 Å². The molecular weight excluding hydrogens is 316 g/mol. The maximum Gasteiger partial charge on any atom is 0.573 e. The van der Waals surface area contributed by atoms with Gasteiger partial charge in [0.1, 0.15) is 11.6 Å². The van der Waals surface area contributed by atoms with Gasteiger partial charge in [0.2, 0.25) is 0 Å². The third-order valence-electron chi connectivity index (χ3n) is 2.32. The number of para-hydroxylation sites is 1. The van der Waals surface area contributed by atoms with Gasteiger partial charge in [0.05, 0.1) is 15.7 Å². The number of anilines is 1. The number of aromatic nitrogens is 1. The van der Waals surface area contributed by atoms with E-state index in [0.717, 1.165) is 6.07 Å². The second-order valence-corrected chi connectivity index (χ2v) is 4.54. The van der Waals surface area contributed by atoms with Gasteiger partial charge in [-0.3, -0.25) is 0 Å². The molecule has 0 aliphatic heterocycles. The molecule has 0 aliphatic rings. The van der Waals surface area contributed by atoms with Crippen LogP contribution in [0.4, 0.5) is 19.0 Å². The zero-order chi connectivity index (χ0) is 14.9. The van der Waals surface area contributed by atoms with E-state index in [9.17, 15) is 13.2 Å². The second kappa shape index (κ2) is 5.38. The minimum atomic E-state index is -4.82. The summed E-state index contributed by atoms with van der Waals surface area (Å²) in [5.41, 5.74) is 5.67. The highest BCUT2D eigenvalue weighted by molar-refractivity contribution is 6.37. The van der Waals surface area contributed by atoms with Crippen molar-refractivity contribution in [3.63, 3.8) is 0 Å². The largest absolute Gasteiger partial charge is 0.573 e. The molecule has 0 bridgehead atoms. The van der Waals surface area contributed by atoms with Crippen molar-refractivity contribution in [2.75, 3.05) is 5.73 Å². The fourth-order valence-electron chi connectivity index (χ4n) is 1.55. The lowest BCUT2D eigenvalue weighted by Gasteiger charge is -2.14. The summed E-state index contributed by atoms with van der Waals surface area (Å²) in [6, 6.07) is 6.79. The van der Waals surface area contributed by atoms with Gasteiger partial charge in [-0.05, 0) is 18.2 Å². The first kappa shape index (κ1) is 14.7. The van der Waals surface area contributed by atoms with Crippen LogP contribution in [0.25, 0.3) is 11.3 Å². The highest BCUT2D eigenvalue weighted by Crippen LogP contribution is 2.37. The van der Waals surface area contributed by atoms with Crippen LogP contribution in [-0.4, -0.2) is 11.3 Å². The smallest absolute Gasteiger partial charge is 0.405 e. The second-order valence-electron chi connectivity index (χ2n) is 3.73. The number of ether oxygens (including phenoxy) is 1. The van der Waals surface area contributed by atoms with Gasteiger partial charge in [-0.2, -0.15) is 0 Å². The molecule has 0 unspecified atom stereocenters. The van der Waals surface area contributed by atoms with Gasteiger partial charge in [-0.25, -0.2) is 4.98 Å². The van der Waals surface area contributed by atoms with Crippen molar-refractivity contribution in [1.29, 1.82) is 0 Å². The Kier molecular flexibility index (Phi) is 3.96. The van der Waals surface area contributed by atoms with Crippen molar-refractivity contribution >= 4 is 29.0 Å². The lowest BCUT2D eigenvalue weighted by Crippen LogP contribution is -2.17. The number of nitrogen functional groups attached to an aromatic ring is 1. The molecular formula is C12H7Cl2F3N2O. The maximum atomic E-state index is 12.4. The summed E-state index contributed by atoms with van der Waals surface area (Å²) in [4.78, 5) is 3.90. The molecule has 1 aromatic heterocycles. The molecule has 1 heterocycles. The van der Waals surface area contributed by atoms with E-state index in [4.69, 9.17) is 28.9 Å². The number of halogens is 5. The van der Waals surface area contributed by atoms with Crippen molar-refractivity contribution < 1.29 is 17.9 Å². The number of nitrogens with zero attached hydrogens (tertiary/aromatic N) is 1. The van der Waals surface area contributed by atoms with Crippen LogP contribution in [0.15, 0.2) is 30.3 Å². The van der Waals surface area contributed by atoms with Crippen LogP contribution in [0.3, 0.4) is 0 Å². The molecule has 0 atom stereocenters. The molecule has 2 N–H and O–H groups in total. The quantitative estimate of drug-likeness (QED) is 0.883. The highest BCUT2D eigenvalue weighted by Gasteiger charge is 2.32. The van der Waals surface area contributed by atoms with Gasteiger partial charge < -0.3 is 10.5 Å². The minimum Gasteiger partial charge on any atom is -0.405 e. The summed E-state index contributed by atoms with van der Waals surface area (Å²) in [6.07, 6.45) is -4.82. The first-order valence-electron chi connectivity index (χ1n) is 5.24. The molecule has 0 radical (unpaired) electrons. The van der Waals surface area contributed by atoms with Crippen molar-refractivity contribution in [2.45, 2.75) is 6.36 Å². The zero-order valence-corrected chi connectivity index (χ0v) is 11.2. The predicted octanol–water partition coefficient (Wildman–Crippen LogP) is 4.54. The van der Waals surface area contributed by atoms with Crippen molar-refractivity contribution in [2.24, 2.45) is 0 Å². The Balaban J connectivity index is 2.56. The fourth-order valence-corrected chi connectivity index (χ4v) is 2.01. The van der Waals surface area contributed by atoms with Crippen LogP contribution < -0.4 is 10.5 Å². The lowest BCUT2D eigenvalue weighted by molar-refractivity contribution is -0.274. The fraction of sp³-hybridized carbons (Fsp3) is 0.0833. The number of benzene rings is 1. The monoisotopic (exact) mass is 322 g/mol. The summed E-state index contributed by atoms with van der Waals surface area (Å²) in [5.74, 6) is -0.455. The SMILES string of the molecule is Nc1nc(-c2ccccc2OC(F)(F)F)c(Cl)cc1Cl. The molecule has 0 spiro atoms. The van der Waals surface area contributed by atoms with Crippen LogP contribution in [0, 0.1) is 0 Å². The number of nitrogens with two attached hydrogens (primary N) is 1. The van der Waals surface area contributed by atoms with E-state index in [1.165, 1.54) is 24.3 Å². The molecule has 8 heteroatoms. The Morgan fingerprint density at radius 3 is 2.40 bits per heavy atom. The lowest BCUT2D eigenvalue weighted by atomic mass is 10.1. The molecule has 2 aromatic rings. The summed E-state index contributed by atoms with van der Waals surface area (Å²) < 4.78 is 41.0. The molecule has 0 aliphatic carbocycles. The third-order valence-corrected chi connectivity index (χ3v) is 2.92. The average Bonchev–Trinajstić information content (AvgIpc) is 2.33. The number of hydrogen-bond acceptors (Lipinski definition) is 3. The Morgan fingerprint density at radius 1 is 1.10 bits per heavy atom. The van der Waals surface area contributed by atoms with E-state index in [2.05, 4.69) is 9.72 Å². The van der Waals surface area contributed by atoms with Crippen molar-refractivity contribution in [3.8, 4) is 17.0 Å². The molecule has 0 saturated carbocycles. The molecule has 0 saturated heterocycles. The predicted molar refractivity (Wildman–Crippen MR) is 70.8 cm³/mol. The maximum absolute atomic E-state index is 12.4. The normalized spacial score (nSPS) is 11.4. The molecule has 106 valence electrons. The minimum absolute atomic E-state index is 0.0344. The summed E-state index contributed by atoms with van der Waals surface area (Å²) in [6.45, 7) is 0. The third kappa shape index (κ3) is 3.26. The van der Waals surface area contributed by atoms with Gasteiger partial charge in [-0.1, -0.05) is 35.3 Å². The van der Waals surface area contributed by atoms with Gasteiger partial charge in [0.15, 0.2) is 0 Å². The van der Waals surface area contributed by atoms with Gasteiger partial charge in [0.25, 0.3) is 0 Å². The van der Waals surface area contributed by atoms with E-state index in [1.54, 1.807) is 0 Å². The Hall–Kier alpha value is -1.66. The summed E-state index contributed by atoms with van der Waals surface area (Å²) in [7, 11) is 0. The van der Waals surface area contributed by atoms with E-state index in [-0.39, 0.29) is 27.1 Å². The Morgan fingerprint density at radius 2 is 1.75 bits per heavy atom. The van der Waals surface area contributed by atoms with Crippen LogP contribution >= 0.6 is 23.2 Å². The van der Waals surface area contributed by atoms with Crippen molar-refractivity contribution in [1.82, 2.24) is 4.98 Å². The number of alkyl halides is 3. The van der Waals surface area contributed by atoms with Crippen LogP contribution in [0.1, 0.15) is 0 Å².